The molecule has 2 unspecified atom stereocenters. The molecule has 1 heterocycles. The second-order valence-electron chi connectivity index (χ2n) is 3.40. The summed E-state index contributed by atoms with van der Waals surface area (Å²) in [5.74, 6) is -1.84. The van der Waals surface area contributed by atoms with E-state index < -0.39 is 24.1 Å². The highest BCUT2D eigenvalue weighted by Gasteiger charge is 2.44. The summed E-state index contributed by atoms with van der Waals surface area (Å²) in [5.41, 5.74) is 0. The minimum absolute atomic E-state index is 0.230. The van der Waals surface area contributed by atoms with Crippen LogP contribution in [0.2, 0.25) is 0 Å². The Morgan fingerprint density at radius 2 is 2.23 bits per heavy atom. The molecule has 0 aromatic carbocycles. The van der Waals surface area contributed by atoms with Gasteiger partial charge in [0.15, 0.2) is 6.17 Å². The van der Waals surface area contributed by atoms with Gasteiger partial charge >= 0.3 is 5.97 Å². The van der Waals surface area contributed by atoms with Gasteiger partial charge in [-0.2, -0.15) is 0 Å². The highest BCUT2D eigenvalue weighted by Crippen LogP contribution is 2.24. The highest BCUT2D eigenvalue weighted by atomic mass is 19.1. The first-order valence-electron chi connectivity index (χ1n) is 4.14. The van der Waals surface area contributed by atoms with E-state index in [2.05, 4.69) is 0 Å². The largest absolute Gasteiger partial charge is 0.480 e. The smallest absolute Gasteiger partial charge is 0.326 e. The number of carbonyl (C=O) groups excluding carboxylic acids is 1. The summed E-state index contributed by atoms with van der Waals surface area (Å²) in [5, 5.41) is 8.71. The molecular formula is C8H12FNO3. The van der Waals surface area contributed by atoms with Gasteiger partial charge in [0.1, 0.15) is 6.04 Å². The minimum atomic E-state index is -1.65. The first-order valence-corrected chi connectivity index (χ1v) is 4.14. The second kappa shape index (κ2) is 3.32. The molecule has 4 nitrogen and oxygen atoms in total. The Morgan fingerprint density at radius 3 is 2.54 bits per heavy atom. The second-order valence-corrected chi connectivity index (χ2v) is 3.40. The molecule has 1 fully saturated rings. The lowest BCUT2D eigenvalue weighted by Crippen LogP contribution is -2.43. The molecule has 0 radical (unpaired) electrons. The van der Waals surface area contributed by atoms with Crippen LogP contribution in [-0.4, -0.2) is 40.1 Å². The van der Waals surface area contributed by atoms with Crippen LogP contribution < -0.4 is 0 Å². The molecule has 0 aromatic heterocycles. The Bertz CT molecular complexity index is 242. The average Bonchev–Trinajstić information content (AvgIpc) is 2.28. The minimum Gasteiger partial charge on any atom is -0.480 e. The van der Waals surface area contributed by atoms with Crippen molar-refractivity contribution in [2.75, 3.05) is 0 Å². The van der Waals surface area contributed by atoms with E-state index in [1.807, 2.05) is 0 Å². The lowest BCUT2D eigenvalue weighted by atomic mass is 10.2. The number of rotatable bonds is 2. The molecule has 1 saturated heterocycles. The molecule has 0 bridgehead atoms. The normalized spacial score (nSPS) is 28.6. The third kappa shape index (κ3) is 1.64. The maximum Gasteiger partial charge on any atom is 0.326 e. The number of alkyl halides is 1. The molecule has 1 aliphatic rings. The Kier molecular flexibility index (Phi) is 2.54. The Morgan fingerprint density at radius 1 is 1.69 bits per heavy atom. The van der Waals surface area contributed by atoms with Crippen molar-refractivity contribution in [3.63, 3.8) is 0 Å². The third-order valence-corrected chi connectivity index (χ3v) is 2.13. The molecule has 1 N–H and O–H groups in total. The maximum atomic E-state index is 12.9. The number of aliphatic carboxylic acids is 1. The molecule has 1 aliphatic heterocycles. The molecule has 13 heavy (non-hydrogen) atoms. The topological polar surface area (TPSA) is 57.6 Å². The van der Waals surface area contributed by atoms with E-state index >= 15 is 0 Å². The van der Waals surface area contributed by atoms with Crippen LogP contribution in [0.5, 0.6) is 0 Å². The fourth-order valence-electron chi connectivity index (χ4n) is 1.56. The Labute approximate surface area is 75.3 Å². The monoisotopic (exact) mass is 189 g/mol. The third-order valence-electron chi connectivity index (χ3n) is 2.13. The lowest BCUT2D eigenvalue weighted by Gasteiger charge is -2.25. The zero-order valence-electron chi connectivity index (χ0n) is 7.53. The number of carboxylic acids is 1. The zero-order valence-corrected chi connectivity index (χ0v) is 7.53. The van der Waals surface area contributed by atoms with Crippen LogP contribution in [0.25, 0.3) is 0 Å². The molecule has 74 valence electrons. The molecule has 1 amide bonds. The summed E-state index contributed by atoms with van der Waals surface area (Å²) >= 11 is 0. The van der Waals surface area contributed by atoms with Gasteiger partial charge < -0.3 is 10.0 Å². The fourth-order valence-corrected chi connectivity index (χ4v) is 1.56. The van der Waals surface area contributed by atoms with Gasteiger partial charge in [0.2, 0.25) is 0 Å². The van der Waals surface area contributed by atoms with Crippen molar-refractivity contribution in [2.24, 2.45) is 0 Å². The summed E-state index contributed by atoms with van der Waals surface area (Å²) in [6.45, 7) is 3.34. The molecular weight excluding hydrogens is 177 g/mol. The van der Waals surface area contributed by atoms with E-state index in [-0.39, 0.29) is 12.5 Å². The predicted octanol–water partition coefficient (Wildman–Crippen LogP) is 0.418. The summed E-state index contributed by atoms with van der Waals surface area (Å²) < 4.78 is 12.9. The maximum absolute atomic E-state index is 12.9. The summed E-state index contributed by atoms with van der Waals surface area (Å²) in [6, 6.07) is -1.27. The number of hydrogen-bond acceptors (Lipinski definition) is 2. The van der Waals surface area contributed by atoms with Crippen molar-refractivity contribution in [1.82, 2.24) is 4.90 Å². The van der Waals surface area contributed by atoms with Gasteiger partial charge in [-0.15, -0.1) is 0 Å². The van der Waals surface area contributed by atoms with Crippen LogP contribution in [-0.2, 0) is 9.59 Å². The number of halogens is 1. The number of carboxylic acid groups (broad SMARTS) is 1. The highest BCUT2D eigenvalue weighted by molar-refractivity contribution is 5.90. The molecule has 0 spiro atoms. The average molecular weight is 189 g/mol. The van der Waals surface area contributed by atoms with Crippen molar-refractivity contribution in [3.8, 4) is 0 Å². The van der Waals surface area contributed by atoms with Gasteiger partial charge in [-0.3, -0.25) is 4.79 Å². The van der Waals surface area contributed by atoms with Crippen LogP contribution in [0.3, 0.4) is 0 Å². The van der Waals surface area contributed by atoms with Crippen molar-refractivity contribution in [2.45, 2.75) is 38.5 Å². The first-order chi connectivity index (χ1) is 5.95. The van der Waals surface area contributed by atoms with E-state index in [0.717, 1.165) is 4.90 Å². The lowest BCUT2D eigenvalue weighted by molar-refractivity contribution is -0.147. The number of amides is 1. The quantitative estimate of drug-likeness (QED) is 0.684. The molecule has 5 heteroatoms. The molecule has 0 aromatic rings. The van der Waals surface area contributed by atoms with E-state index in [0.29, 0.717) is 0 Å². The number of nitrogens with zero attached hydrogens (tertiary/aromatic N) is 1. The van der Waals surface area contributed by atoms with E-state index in [1.165, 1.54) is 0 Å². The van der Waals surface area contributed by atoms with Gasteiger partial charge in [-0.05, 0) is 13.8 Å². The number of hydrogen-bond donors (Lipinski definition) is 1. The van der Waals surface area contributed by atoms with Crippen LogP contribution >= 0.6 is 0 Å². The van der Waals surface area contributed by atoms with Gasteiger partial charge in [0.25, 0.3) is 5.91 Å². The van der Waals surface area contributed by atoms with Crippen LogP contribution in [0.1, 0.15) is 20.3 Å². The molecule has 2 atom stereocenters. The van der Waals surface area contributed by atoms with Crippen molar-refractivity contribution >= 4 is 11.9 Å². The first kappa shape index (κ1) is 9.95. The van der Waals surface area contributed by atoms with Crippen molar-refractivity contribution in [3.05, 3.63) is 0 Å². The van der Waals surface area contributed by atoms with Crippen molar-refractivity contribution < 1.29 is 19.1 Å². The van der Waals surface area contributed by atoms with Crippen LogP contribution in [0.15, 0.2) is 0 Å². The van der Waals surface area contributed by atoms with Gasteiger partial charge in [0, 0.05) is 12.5 Å². The zero-order chi connectivity index (χ0) is 10.2. The van der Waals surface area contributed by atoms with Crippen LogP contribution in [0.4, 0.5) is 4.39 Å². The number of carbonyl (C=O) groups is 2. The van der Waals surface area contributed by atoms with Gasteiger partial charge in [-0.25, -0.2) is 9.18 Å². The molecule has 0 saturated carbocycles. The van der Waals surface area contributed by atoms with E-state index in [9.17, 15) is 14.0 Å². The molecule has 1 rings (SSSR count). The standard InChI is InChI=1S/C8H12FNO3/c1-4(2)10-6(8(12)13)3-5(9)7(10)11/h4-6H,3H2,1-2H3,(H,12,13). The summed E-state index contributed by atoms with van der Waals surface area (Å²) in [4.78, 5) is 22.9. The Balaban J connectivity index is 2.87. The van der Waals surface area contributed by atoms with E-state index in [4.69, 9.17) is 5.11 Å². The fraction of sp³-hybridized carbons (Fsp3) is 0.750. The number of likely N-dealkylation sites (tertiary alicyclic amines) is 1. The summed E-state index contributed by atoms with van der Waals surface area (Å²) in [6.07, 6.45) is -1.88. The Hall–Kier alpha value is -1.13. The van der Waals surface area contributed by atoms with E-state index in [1.54, 1.807) is 13.8 Å². The van der Waals surface area contributed by atoms with Gasteiger partial charge in [-0.1, -0.05) is 0 Å². The van der Waals surface area contributed by atoms with Gasteiger partial charge in [0.05, 0.1) is 0 Å². The van der Waals surface area contributed by atoms with Crippen molar-refractivity contribution in [1.29, 1.82) is 0 Å². The SMILES string of the molecule is CC(C)N1C(=O)C(F)CC1C(=O)O. The molecule has 0 aliphatic carbocycles. The predicted molar refractivity (Wildman–Crippen MR) is 42.9 cm³/mol. The summed E-state index contributed by atoms with van der Waals surface area (Å²) in [7, 11) is 0. The van der Waals surface area contributed by atoms with Crippen LogP contribution in [0, 0.1) is 0 Å².